The molecule has 0 atom stereocenters. The van der Waals surface area contributed by atoms with E-state index in [0.29, 0.717) is 6.07 Å². The van der Waals surface area contributed by atoms with Crippen LogP contribution in [0, 0.1) is 0 Å². The van der Waals surface area contributed by atoms with Crippen LogP contribution in [0.1, 0.15) is 15.9 Å². The third-order valence-electron chi connectivity index (χ3n) is 3.34. The molecule has 0 saturated carbocycles. The van der Waals surface area contributed by atoms with Gasteiger partial charge in [-0.05, 0) is 36.4 Å². The predicted octanol–water partition coefficient (Wildman–Crippen LogP) is 4.08. The van der Waals surface area contributed by atoms with E-state index in [1.165, 1.54) is 18.2 Å². The second-order valence-corrected chi connectivity index (χ2v) is 7.41. The molecule has 2 rings (SSSR count). The topological polar surface area (TPSA) is 75.3 Å². The van der Waals surface area contributed by atoms with E-state index in [0.717, 1.165) is 24.3 Å². The van der Waals surface area contributed by atoms with Gasteiger partial charge in [-0.2, -0.15) is 13.2 Å². The lowest BCUT2D eigenvalue weighted by molar-refractivity contribution is -0.137. The third-order valence-corrected chi connectivity index (χ3v) is 5.05. The molecule has 0 fully saturated rings. The fourth-order valence-corrected chi connectivity index (χ4v) is 3.36. The van der Waals surface area contributed by atoms with E-state index in [9.17, 15) is 26.4 Å². The number of hydrogen-bond acceptors (Lipinski definition) is 3. The van der Waals surface area contributed by atoms with Crippen LogP contribution in [-0.2, 0) is 16.2 Å². The maximum Gasteiger partial charge on any atom is 0.416 e. The van der Waals surface area contributed by atoms with Crippen LogP contribution in [0.25, 0.3) is 0 Å². The summed E-state index contributed by atoms with van der Waals surface area (Å²) < 4.78 is 65.3. The molecule has 0 unspecified atom stereocenters. The third kappa shape index (κ3) is 5.24. The van der Waals surface area contributed by atoms with Crippen LogP contribution in [0.5, 0.6) is 0 Å². The molecule has 5 nitrogen and oxygen atoms in total. The monoisotopic (exact) mass is 418 g/mol. The van der Waals surface area contributed by atoms with Gasteiger partial charge in [0.05, 0.1) is 21.0 Å². The molecule has 0 saturated heterocycles. The van der Waals surface area contributed by atoms with Gasteiger partial charge in [-0.3, -0.25) is 9.52 Å². The summed E-state index contributed by atoms with van der Waals surface area (Å²) in [7, 11) is -4.25. The summed E-state index contributed by atoms with van der Waals surface area (Å²) in [5, 5.41) is 2.48. The summed E-state index contributed by atoms with van der Waals surface area (Å²) in [5.41, 5.74) is -1.36. The highest BCUT2D eigenvalue weighted by atomic mass is 35.5. The molecular weight excluding hydrogens is 405 g/mol. The van der Waals surface area contributed by atoms with Crippen molar-refractivity contribution < 1.29 is 26.4 Å². The standard InChI is InChI=1S/C17H14ClF3N2O3S/c1-2-8-22-16(24)14-10-13(6-7-15(14)18)27(25,26)23-12-5-3-4-11(9-12)17(19,20)21/h2-7,9-10,23H,1,8H2,(H,22,24). The maximum atomic E-state index is 12.8. The minimum atomic E-state index is -4.61. The van der Waals surface area contributed by atoms with Gasteiger partial charge in [-0.15, -0.1) is 6.58 Å². The number of carbonyl (C=O) groups is 1. The summed E-state index contributed by atoms with van der Waals surface area (Å²) in [5.74, 6) is -0.615. The average molecular weight is 419 g/mol. The van der Waals surface area contributed by atoms with Gasteiger partial charge in [0.2, 0.25) is 0 Å². The van der Waals surface area contributed by atoms with Crippen molar-refractivity contribution in [1.82, 2.24) is 5.32 Å². The fourth-order valence-electron chi connectivity index (χ4n) is 2.08. The van der Waals surface area contributed by atoms with Crippen LogP contribution in [0.3, 0.4) is 0 Å². The number of hydrogen-bond donors (Lipinski definition) is 2. The van der Waals surface area contributed by atoms with Gasteiger partial charge in [0, 0.05) is 12.2 Å². The number of sulfonamides is 1. The molecule has 2 aromatic rings. The summed E-state index contributed by atoms with van der Waals surface area (Å²) in [4.78, 5) is 11.7. The van der Waals surface area contributed by atoms with Gasteiger partial charge in [-0.1, -0.05) is 23.7 Å². The number of halogens is 4. The first-order valence-electron chi connectivity index (χ1n) is 7.43. The zero-order valence-corrected chi connectivity index (χ0v) is 15.3. The second-order valence-electron chi connectivity index (χ2n) is 5.32. The van der Waals surface area contributed by atoms with E-state index in [-0.39, 0.29) is 27.7 Å². The summed E-state index contributed by atoms with van der Waals surface area (Å²) >= 11 is 5.92. The normalized spacial score (nSPS) is 11.7. The van der Waals surface area contributed by atoms with E-state index in [2.05, 4.69) is 16.6 Å². The van der Waals surface area contributed by atoms with Gasteiger partial charge in [0.25, 0.3) is 15.9 Å². The zero-order valence-electron chi connectivity index (χ0n) is 13.7. The molecule has 0 radical (unpaired) electrons. The highest BCUT2D eigenvalue weighted by Gasteiger charge is 2.30. The number of alkyl halides is 3. The van der Waals surface area contributed by atoms with Crippen molar-refractivity contribution in [3.05, 3.63) is 71.3 Å². The van der Waals surface area contributed by atoms with E-state index in [4.69, 9.17) is 11.6 Å². The number of amides is 1. The molecule has 10 heteroatoms. The zero-order chi connectivity index (χ0) is 20.2. The smallest absolute Gasteiger partial charge is 0.349 e. The minimum Gasteiger partial charge on any atom is -0.349 e. The Hall–Kier alpha value is -2.52. The van der Waals surface area contributed by atoms with Crippen LogP contribution in [0.15, 0.2) is 60.0 Å². The highest BCUT2D eigenvalue weighted by molar-refractivity contribution is 7.92. The average Bonchev–Trinajstić information content (AvgIpc) is 2.59. The van der Waals surface area contributed by atoms with Gasteiger partial charge in [-0.25, -0.2) is 8.42 Å². The lowest BCUT2D eigenvalue weighted by Crippen LogP contribution is -2.24. The first-order valence-corrected chi connectivity index (χ1v) is 9.29. The highest BCUT2D eigenvalue weighted by Crippen LogP contribution is 2.31. The molecule has 2 aromatic carbocycles. The van der Waals surface area contributed by atoms with Crippen LogP contribution < -0.4 is 10.0 Å². The van der Waals surface area contributed by atoms with Gasteiger partial charge < -0.3 is 5.32 Å². The molecule has 0 heterocycles. The molecule has 0 aromatic heterocycles. The molecule has 0 spiro atoms. The maximum absolute atomic E-state index is 12.8. The van der Waals surface area contributed by atoms with Crippen molar-refractivity contribution in [1.29, 1.82) is 0 Å². The van der Waals surface area contributed by atoms with Gasteiger partial charge in [0.15, 0.2) is 0 Å². The Balaban J connectivity index is 2.34. The Morgan fingerprint density at radius 2 is 1.89 bits per heavy atom. The van der Waals surface area contributed by atoms with Crippen molar-refractivity contribution in [2.75, 3.05) is 11.3 Å². The fraction of sp³-hybridized carbons (Fsp3) is 0.118. The Labute approximate surface area is 158 Å². The van der Waals surface area contributed by atoms with Gasteiger partial charge in [0.1, 0.15) is 0 Å². The van der Waals surface area contributed by atoms with E-state index in [1.807, 2.05) is 0 Å². The van der Waals surface area contributed by atoms with Crippen LogP contribution in [-0.4, -0.2) is 20.9 Å². The number of anilines is 1. The molecule has 0 bridgehead atoms. The molecule has 1 amide bonds. The number of rotatable bonds is 6. The predicted molar refractivity (Wildman–Crippen MR) is 96.2 cm³/mol. The number of benzene rings is 2. The SMILES string of the molecule is C=CCNC(=O)c1cc(S(=O)(=O)Nc2cccc(C(F)(F)F)c2)ccc1Cl. The van der Waals surface area contributed by atoms with Crippen molar-refractivity contribution in [3.63, 3.8) is 0 Å². The Morgan fingerprint density at radius 3 is 2.52 bits per heavy atom. The molecule has 0 aliphatic heterocycles. The quantitative estimate of drug-likeness (QED) is 0.694. The minimum absolute atomic E-state index is 0.0228. The first kappa shape index (κ1) is 20.8. The molecule has 2 N–H and O–H groups in total. The second kappa shape index (κ2) is 8.01. The van der Waals surface area contributed by atoms with Crippen molar-refractivity contribution in [2.24, 2.45) is 0 Å². The van der Waals surface area contributed by atoms with E-state index in [1.54, 1.807) is 0 Å². The number of carbonyl (C=O) groups excluding carboxylic acids is 1. The van der Waals surface area contributed by atoms with Crippen LogP contribution in [0.4, 0.5) is 18.9 Å². The van der Waals surface area contributed by atoms with Crippen LogP contribution in [0.2, 0.25) is 5.02 Å². The Morgan fingerprint density at radius 1 is 1.19 bits per heavy atom. The van der Waals surface area contributed by atoms with E-state index < -0.39 is 27.7 Å². The molecular formula is C17H14ClF3N2O3S. The molecule has 0 aliphatic rings. The van der Waals surface area contributed by atoms with Crippen molar-refractivity contribution >= 4 is 33.2 Å². The number of nitrogens with one attached hydrogen (secondary N) is 2. The first-order chi connectivity index (χ1) is 12.5. The molecule has 144 valence electrons. The van der Waals surface area contributed by atoms with Crippen LogP contribution >= 0.6 is 11.6 Å². The summed E-state index contributed by atoms with van der Waals surface area (Å²) in [6.07, 6.45) is -3.18. The van der Waals surface area contributed by atoms with Gasteiger partial charge >= 0.3 is 6.18 Å². The lowest BCUT2D eigenvalue weighted by Gasteiger charge is -2.12. The van der Waals surface area contributed by atoms with E-state index >= 15 is 0 Å². The van der Waals surface area contributed by atoms with Crippen molar-refractivity contribution in [3.8, 4) is 0 Å². The summed E-state index contributed by atoms with van der Waals surface area (Å²) in [6.45, 7) is 3.59. The Kier molecular flexibility index (Phi) is 6.17. The Bertz CT molecular complexity index is 976. The molecule has 27 heavy (non-hydrogen) atoms. The largest absolute Gasteiger partial charge is 0.416 e. The van der Waals surface area contributed by atoms with Crippen molar-refractivity contribution in [2.45, 2.75) is 11.1 Å². The molecule has 0 aliphatic carbocycles. The summed E-state index contributed by atoms with van der Waals surface area (Å²) in [6, 6.07) is 7.15. The lowest BCUT2D eigenvalue weighted by atomic mass is 10.2.